The highest BCUT2D eigenvalue weighted by Gasteiger charge is 2.28. The Morgan fingerprint density at radius 3 is 3.13 bits per heavy atom. The lowest BCUT2D eigenvalue weighted by molar-refractivity contribution is 0.157. The monoisotopic (exact) mass is 218 g/mol. The number of aliphatic hydroxyl groups is 1. The summed E-state index contributed by atoms with van der Waals surface area (Å²) in [6.07, 6.45) is 0.254. The van der Waals surface area contributed by atoms with Crippen LogP contribution in [-0.4, -0.2) is 17.0 Å². The summed E-state index contributed by atoms with van der Waals surface area (Å²) >= 11 is 1.83. The molecule has 0 aliphatic carbocycles. The molecule has 1 N–H and O–H groups in total. The van der Waals surface area contributed by atoms with E-state index in [1.165, 1.54) is 10.5 Å². The summed E-state index contributed by atoms with van der Waals surface area (Å²) in [6.45, 7) is 1.81. The van der Waals surface area contributed by atoms with Crippen molar-refractivity contribution in [2.75, 3.05) is 5.75 Å². The number of rotatable bonds is 2. The molecule has 15 heavy (non-hydrogen) atoms. The molecule has 0 aromatic heterocycles. The SMILES string of the molecule is CC#CCC(O)C1CSc2ccccc21. The summed E-state index contributed by atoms with van der Waals surface area (Å²) < 4.78 is 0. The van der Waals surface area contributed by atoms with Crippen molar-refractivity contribution in [3.05, 3.63) is 29.8 Å². The third kappa shape index (κ3) is 2.19. The van der Waals surface area contributed by atoms with E-state index in [2.05, 4.69) is 24.0 Å². The molecule has 0 spiro atoms. The molecule has 0 saturated carbocycles. The maximum atomic E-state index is 10.0. The van der Waals surface area contributed by atoms with Gasteiger partial charge in [0.15, 0.2) is 0 Å². The second-order valence-electron chi connectivity index (χ2n) is 3.65. The topological polar surface area (TPSA) is 20.2 Å². The molecule has 2 atom stereocenters. The van der Waals surface area contributed by atoms with Gasteiger partial charge in [0.25, 0.3) is 0 Å². The highest BCUT2D eigenvalue weighted by atomic mass is 32.2. The molecule has 1 aromatic carbocycles. The van der Waals surface area contributed by atoms with Gasteiger partial charge in [0.1, 0.15) is 0 Å². The molecule has 0 fully saturated rings. The number of thioether (sulfide) groups is 1. The number of fused-ring (bicyclic) bond motifs is 1. The molecule has 2 heteroatoms. The molecular formula is C13H14OS. The molecule has 1 aliphatic rings. The Bertz CT molecular complexity index is 402. The molecule has 1 aliphatic heterocycles. The number of hydrogen-bond acceptors (Lipinski definition) is 2. The van der Waals surface area contributed by atoms with Crippen molar-refractivity contribution in [2.24, 2.45) is 0 Å². The van der Waals surface area contributed by atoms with Crippen LogP contribution in [0.15, 0.2) is 29.2 Å². The fraction of sp³-hybridized carbons (Fsp3) is 0.385. The molecule has 1 aromatic rings. The lowest BCUT2D eigenvalue weighted by atomic mass is 9.94. The minimum Gasteiger partial charge on any atom is -0.391 e. The van der Waals surface area contributed by atoms with Crippen molar-refractivity contribution in [1.29, 1.82) is 0 Å². The van der Waals surface area contributed by atoms with Crippen LogP contribution >= 0.6 is 11.8 Å². The maximum Gasteiger partial charge on any atom is 0.0726 e. The highest BCUT2D eigenvalue weighted by Crippen LogP contribution is 2.41. The zero-order valence-corrected chi connectivity index (χ0v) is 9.55. The maximum absolute atomic E-state index is 10.0. The van der Waals surface area contributed by atoms with E-state index in [1.807, 2.05) is 30.8 Å². The van der Waals surface area contributed by atoms with E-state index in [-0.39, 0.29) is 12.0 Å². The Balaban J connectivity index is 2.15. The van der Waals surface area contributed by atoms with Crippen LogP contribution < -0.4 is 0 Å². The molecule has 0 amide bonds. The quantitative estimate of drug-likeness (QED) is 0.770. The molecule has 1 heterocycles. The van der Waals surface area contributed by atoms with Crippen LogP contribution in [0.3, 0.4) is 0 Å². The van der Waals surface area contributed by atoms with Gasteiger partial charge in [0.05, 0.1) is 6.10 Å². The van der Waals surface area contributed by atoms with E-state index in [0.717, 1.165) is 5.75 Å². The highest BCUT2D eigenvalue weighted by molar-refractivity contribution is 7.99. The predicted molar refractivity (Wildman–Crippen MR) is 64.0 cm³/mol. The Morgan fingerprint density at radius 2 is 2.33 bits per heavy atom. The van der Waals surface area contributed by atoms with E-state index < -0.39 is 0 Å². The van der Waals surface area contributed by atoms with E-state index in [1.54, 1.807) is 0 Å². The van der Waals surface area contributed by atoms with Crippen molar-refractivity contribution in [3.8, 4) is 11.8 Å². The van der Waals surface area contributed by atoms with Crippen LogP contribution in [0.1, 0.15) is 24.8 Å². The Hall–Kier alpha value is -0.910. The summed E-state index contributed by atoms with van der Waals surface area (Å²) in [5, 5.41) is 10.0. The molecule has 1 nitrogen and oxygen atoms in total. The van der Waals surface area contributed by atoms with Crippen LogP contribution in [0.25, 0.3) is 0 Å². The predicted octanol–water partition coefficient (Wildman–Crippen LogP) is 2.65. The Labute approximate surface area is 94.9 Å². The second-order valence-corrected chi connectivity index (χ2v) is 4.72. The van der Waals surface area contributed by atoms with Crippen molar-refractivity contribution >= 4 is 11.8 Å². The third-order valence-electron chi connectivity index (χ3n) is 2.69. The lowest BCUT2D eigenvalue weighted by Crippen LogP contribution is -2.17. The van der Waals surface area contributed by atoms with E-state index in [0.29, 0.717) is 6.42 Å². The smallest absolute Gasteiger partial charge is 0.0726 e. The first-order valence-electron chi connectivity index (χ1n) is 5.12. The van der Waals surface area contributed by atoms with Crippen LogP contribution in [0, 0.1) is 11.8 Å². The number of aliphatic hydroxyl groups excluding tert-OH is 1. The van der Waals surface area contributed by atoms with Crippen molar-refractivity contribution in [1.82, 2.24) is 0 Å². The van der Waals surface area contributed by atoms with E-state index in [9.17, 15) is 5.11 Å². The normalized spacial score (nSPS) is 20.3. The van der Waals surface area contributed by atoms with Gasteiger partial charge in [-0.3, -0.25) is 0 Å². The fourth-order valence-electron chi connectivity index (χ4n) is 1.85. The first-order valence-corrected chi connectivity index (χ1v) is 6.11. The standard InChI is InChI=1S/C13H14OS/c1-2-3-7-12(14)11-9-15-13-8-5-4-6-10(11)13/h4-6,8,11-12,14H,7,9H2,1H3. The first kappa shape index (κ1) is 10.6. The largest absolute Gasteiger partial charge is 0.391 e. The minimum atomic E-state index is -0.325. The third-order valence-corrected chi connectivity index (χ3v) is 3.90. The molecule has 0 bridgehead atoms. The number of hydrogen-bond donors (Lipinski definition) is 1. The Morgan fingerprint density at radius 1 is 1.53 bits per heavy atom. The summed E-state index contributed by atoms with van der Waals surface area (Å²) in [4.78, 5) is 1.31. The van der Waals surface area contributed by atoms with E-state index >= 15 is 0 Å². The van der Waals surface area contributed by atoms with Gasteiger partial charge in [0, 0.05) is 23.0 Å². The average molecular weight is 218 g/mol. The van der Waals surface area contributed by atoms with Gasteiger partial charge in [0.2, 0.25) is 0 Å². The van der Waals surface area contributed by atoms with Gasteiger partial charge in [-0.05, 0) is 18.6 Å². The minimum absolute atomic E-state index is 0.257. The Kier molecular flexibility index (Phi) is 3.35. The average Bonchev–Trinajstić information content (AvgIpc) is 2.69. The van der Waals surface area contributed by atoms with Crippen LogP contribution in [0.5, 0.6) is 0 Å². The van der Waals surface area contributed by atoms with Crippen molar-refractivity contribution in [2.45, 2.75) is 30.3 Å². The molecule has 2 rings (SSSR count). The second kappa shape index (κ2) is 4.74. The molecule has 0 saturated heterocycles. The summed E-state index contributed by atoms with van der Waals surface area (Å²) in [5.74, 6) is 7.01. The molecule has 78 valence electrons. The van der Waals surface area contributed by atoms with Gasteiger partial charge in [-0.1, -0.05) is 18.2 Å². The van der Waals surface area contributed by atoms with Gasteiger partial charge in [-0.15, -0.1) is 23.6 Å². The van der Waals surface area contributed by atoms with Crippen molar-refractivity contribution < 1.29 is 5.11 Å². The fourth-order valence-corrected chi connectivity index (χ4v) is 3.18. The first-order chi connectivity index (χ1) is 7.33. The van der Waals surface area contributed by atoms with Crippen LogP contribution in [-0.2, 0) is 0 Å². The van der Waals surface area contributed by atoms with Crippen LogP contribution in [0.4, 0.5) is 0 Å². The molecule has 2 unspecified atom stereocenters. The summed E-state index contributed by atoms with van der Waals surface area (Å²) in [6, 6.07) is 8.32. The van der Waals surface area contributed by atoms with Crippen LogP contribution in [0.2, 0.25) is 0 Å². The molecular weight excluding hydrogens is 204 g/mol. The van der Waals surface area contributed by atoms with E-state index in [4.69, 9.17) is 0 Å². The van der Waals surface area contributed by atoms with Gasteiger partial charge in [-0.25, -0.2) is 0 Å². The zero-order chi connectivity index (χ0) is 10.7. The summed E-state index contributed by atoms with van der Waals surface area (Å²) in [7, 11) is 0. The van der Waals surface area contributed by atoms with Gasteiger partial charge in [-0.2, -0.15) is 0 Å². The van der Waals surface area contributed by atoms with Gasteiger partial charge < -0.3 is 5.11 Å². The summed E-state index contributed by atoms with van der Waals surface area (Å²) in [5.41, 5.74) is 1.29. The number of benzene rings is 1. The van der Waals surface area contributed by atoms with Crippen molar-refractivity contribution in [3.63, 3.8) is 0 Å². The zero-order valence-electron chi connectivity index (χ0n) is 8.73. The molecule has 0 radical (unpaired) electrons. The van der Waals surface area contributed by atoms with Gasteiger partial charge >= 0.3 is 0 Å². The lowest BCUT2D eigenvalue weighted by Gasteiger charge is -2.15.